The molecule has 0 spiro atoms. The largest absolute Gasteiger partial charge is 0.376 e. The summed E-state index contributed by atoms with van der Waals surface area (Å²) in [5.41, 5.74) is 3.49. The summed E-state index contributed by atoms with van der Waals surface area (Å²) in [6, 6.07) is 16.9. The minimum absolute atomic E-state index is 0.221. The zero-order valence-electron chi connectivity index (χ0n) is 11.1. The number of thiazole rings is 1. The lowest BCUT2D eigenvalue weighted by atomic mass is 10.2. The summed E-state index contributed by atoms with van der Waals surface area (Å²) in [6.07, 6.45) is 0. The predicted octanol–water partition coefficient (Wildman–Crippen LogP) is 4.78. The minimum Gasteiger partial charge on any atom is -0.376 e. The van der Waals surface area contributed by atoms with Crippen LogP contribution < -0.4 is 5.32 Å². The zero-order chi connectivity index (χ0) is 13.2. The summed E-state index contributed by atoms with van der Waals surface area (Å²) in [4.78, 5) is 4.69. The molecule has 0 fully saturated rings. The van der Waals surface area contributed by atoms with Crippen LogP contribution in [0.15, 0.2) is 48.5 Å². The second-order valence-corrected chi connectivity index (χ2v) is 5.82. The number of aryl methyl sites for hydroxylation is 1. The Kier molecular flexibility index (Phi) is 3.22. The third-order valence-corrected chi connectivity index (χ3v) is 4.30. The molecule has 1 unspecified atom stereocenters. The Balaban J connectivity index is 1.85. The van der Waals surface area contributed by atoms with Gasteiger partial charge in [-0.3, -0.25) is 0 Å². The van der Waals surface area contributed by atoms with Crippen LogP contribution in [0, 0.1) is 6.92 Å². The van der Waals surface area contributed by atoms with Crippen molar-refractivity contribution in [1.29, 1.82) is 0 Å². The van der Waals surface area contributed by atoms with E-state index in [1.165, 1.54) is 10.3 Å². The summed E-state index contributed by atoms with van der Waals surface area (Å²) in [5, 5.41) is 4.64. The van der Waals surface area contributed by atoms with E-state index in [2.05, 4.69) is 66.6 Å². The van der Waals surface area contributed by atoms with Crippen molar-refractivity contribution in [2.45, 2.75) is 19.9 Å². The van der Waals surface area contributed by atoms with E-state index in [0.717, 1.165) is 16.2 Å². The first-order valence-electron chi connectivity index (χ1n) is 6.41. The molecule has 19 heavy (non-hydrogen) atoms. The normalized spacial score (nSPS) is 12.5. The Morgan fingerprint density at radius 3 is 2.74 bits per heavy atom. The predicted molar refractivity (Wildman–Crippen MR) is 82.8 cm³/mol. The van der Waals surface area contributed by atoms with E-state index >= 15 is 0 Å². The molecular formula is C16H16N2S. The summed E-state index contributed by atoms with van der Waals surface area (Å²) >= 11 is 1.76. The third-order valence-electron chi connectivity index (χ3n) is 3.08. The van der Waals surface area contributed by atoms with Gasteiger partial charge in [-0.2, -0.15) is 0 Å². The van der Waals surface area contributed by atoms with Crippen molar-refractivity contribution in [3.8, 4) is 0 Å². The Morgan fingerprint density at radius 1 is 1.11 bits per heavy atom. The van der Waals surface area contributed by atoms with Crippen molar-refractivity contribution in [3.05, 3.63) is 59.1 Å². The maximum absolute atomic E-state index is 4.69. The lowest BCUT2D eigenvalue weighted by Crippen LogP contribution is -2.06. The van der Waals surface area contributed by atoms with Crippen LogP contribution in [-0.2, 0) is 0 Å². The van der Waals surface area contributed by atoms with E-state index in [0.29, 0.717) is 0 Å². The Bertz CT molecular complexity index is 670. The first-order chi connectivity index (χ1) is 9.22. The van der Waals surface area contributed by atoms with Crippen molar-refractivity contribution in [1.82, 2.24) is 4.98 Å². The number of nitrogens with one attached hydrogen (secondary N) is 1. The molecular weight excluding hydrogens is 252 g/mol. The van der Waals surface area contributed by atoms with Crippen LogP contribution in [0.2, 0.25) is 0 Å². The third kappa shape index (κ3) is 2.61. The first kappa shape index (κ1) is 12.2. The number of nitrogens with zero attached hydrogens (tertiary/aromatic N) is 1. The molecule has 3 rings (SSSR count). The number of hydrogen-bond acceptors (Lipinski definition) is 3. The van der Waals surface area contributed by atoms with Crippen LogP contribution >= 0.6 is 11.3 Å². The van der Waals surface area contributed by atoms with Gasteiger partial charge in [-0.1, -0.05) is 24.3 Å². The fourth-order valence-electron chi connectivity index (χ4n) is 2.12. The van der Waals surface area contributed by atoms with E-state index in [1.54, 1.807) is 11.3 Å². The average Bonchev–Trinajstić information content (AvgIpc) is 2.82. The topological polar surface area (TPSA) is 24.9 Å². The van der Waals surface area contributed by atoms with Crippen molar-refractivity contribution < 1.29 is 0 Å². The molecule has 1 heterocycles. The SMILES string of the molecule is Cc1cccc(NC(C)c2nc3ccccc3s2)c1. The second kappa shape index (κ2) is 5.02. The number of rotatable bonds is 3. The fraction of sp³-hybridized carbons (Fsp3) is 0.188. The Labute approximate surface area is 117 Å². The van der Waals surface area contributed by atoms with Gasteiger partial charge in [0.1, 0.15) is 5.01 Å². The maximum atomic E-state index is 4.69. The van der Waals surface area contributed by atoms with Crippen molar-refractivity contribution >= 4 is 27.2 Å². The number of para-hydroxylation sites is 1. The smallest absolute Gasteiger partial charge is 0.116 e. The van der Waals surface area contributed by atoms with Crippen LogP contribution in [0.5, 0.6) is 0 Å². The minimum atomic E-state index is 0.221. The van der Waals surface area contributed by atoms with Gasteiger partial charge in [0, 0.05) is 5.69 Å². The van der Waals surface area contributed by atoms with Crippen molar-refractivity contribution in [2.75, 3.05) is 5.32 Å². The number of benzene rings is 2. The highest BCUT2D eigenvalue weighted by molar-refractivity contribution is 7.18. The lowest BCUT2D eigenvalue weighted by molar-refractivity contribution is 0.874. The summed E-state index contributed by atoms with van der Waals surface area (Å²) in [5.74, 6) is 0. The zero-order valence-corrected chi connectivity index (χ0v) is 11.9. The monoisotopic (exact) mass is 268 g/mol. The molecule has 0 amide bonds. The molecule has 0 aliphatic rings. The molecule has 2 nitrogen and oxygen atoms in total. The molecule has 2 aromatic carbocycles. The molecule has 1 aromatic heterocycles. The van der Waals surface area contributed by atoms with Gasteiger partial charge in [0.25, 0.3) is 0 Å². The van der Waals surface area contributed by atoms with Gasteiger partial charge in [-0.25, -0.2) is 4.98 Å². The summed E-state index contributed by atoms with van der Waals surface area (Å²) in [6.45, 7) is 4.26. The Hall–Kier alpha value is -1.87. The first-order valence-corrected chi connectivity index (χ1v) is 7.23. The maximum Gasteiger partial charge on any atom is 0.116 e. The number of anilines is 1. The van der Waals surface area contributed by atoms with Crippen molar-refractivity contribution in [3.63, 3.8) is 0 Å². The Morgan fingerprint density at radius 2 is 1.95 bits per heavy atom. The summed E-state index contributed by atoms with van der Waals surface area (Å²) < 4.78 is 1.25. The lowest BCUT2D eigenvalue weighted by Gasteiger charge is -2.12. The molecule has 3 aromatic rings. The van der Waals surface area contributed by atoms with E-state index in [1.807, 2.05) is 6.07 Å². The highest BCUT2D eigenvalue weighted by Crippen LogP contribution is 2.28. The van der Waals surface area contributed by atoms with Gasteiger partial charge in [0.2, 0.25) is 0 Å². The molecule has 0 aliphatic carbocycles. The van der Waals surface area contributed by atoms with Crippen LogP contribution in [0.4, 0.5) is 5.69 Å². The molecule has 96 valence electrons. The molecule has 0 aliphatic heterocycles. The van der Waals surface area contributed by atoms with Crippen LogP contribution in [-0.4, -0.2) is 4.98 Å². The number of hydrogen-bond donors (Lipinski definition) is 1. The molecule has 0 bridgehead atoms. The van der Waals surface area contributed by atoms with Gasteiger partial charge in [0.15, 0.2) is 0 Å². The van der Waals surface area contributed by atoms with E-state index in [4.69, 9.17) is 0 Å². The van der Waals surface area contributed by atoms with Gasteiger partial charge in [-0.15, -0.1) is 11.3 Å². The summed E-state index contributed by atoms with van der Waals surface area (Å²) in [7, 11) is 0. The fourth-order valence-corrected chi connectivity index (χ4v) is 3.09. The van der Waals surface area contributed by atoms with E-state index < -0.39 is 0 Å². The molecule has 1 N–H and O–H groups in total. The molecule has 0 saturated heterocycles. The van der Waals surface area contributed by atoms with Gasteiger partial charge in [0.05, 0.1) is 16.3 Å². The average molecular weight is 268 g/mol. The molecule has 0 radical (unpaired) electrons. The molecule has 1 atom stereocenters. The van der Waals surface area contributed by atoms with Gasteiger partial charge in [-0.05, 0) is 43.7 Å². The van der Waals surface area contributed by atoms with E-state index in [-0.39, 0.29) is 6.04 Å². The highest BCUT2D eigenvalue weighted by Gasteiger charge is 2.11. The van der Waals surface area contributed by atoms with Crippen LogP contribution in [0.3, 0.4) is 0 Å². The standard InChI is InChI=1S/C16H16N2S/c1-11-6-5-7-13(10-11)17-12(2)16-18-14-8-3-4-9-15(14)19-16/h3-10,12,17H,1-2H3. The van der Waals surface area contributed by atoms with E-state index in [9.17, 15) is 0 Å². The number of aromatic nitrogens is 1. The molecule has 3 heteroatoms. The molecule has 0 saturated carbocycles. The van der Waals surface area contributed by atoms with Crippen molar-refractivity contribution in [2.24, 2.45) is 0 Å². The number of fused-ring (bicyclic) bond motifs is 1. The highest BCUT2D eigenvalue weighted by atomic mass is 32.1. The quantitative estimate of drug-likeness (QED) is 0.739. The van der Waals surface area contributed by atoms with Gasteiger partial charge < -0.3 is 5.32 Å². The van der Waals surface area contributed by atoms with Crippen LogP contribution in [0.25, 0.3) is 10.2 Å². The second-order valence-electron chi connectivity index (χ2n) is 4.76. The van der Waals surface area contributed by atoms with Gasteiger partial charge >= 0.3 is 0 Å². The van der Waals surface area contributed by atoms with Crippen LogP contribution in [0.1, 0.15) is 23.5 Å².